The van der Waals surface area contributed by atoms with E-state index in [1.165, 1.54) is 135 Å². The second kappa shape index (κ2) is 38.7. The molecule has 0 aromatic heterocycles. The number of likely N-dealkylation sites (N-methyl/N-ethyl adjacent to an activating group) is 1. The molecule has 2 atom stereocenters. The summed E-state index contributed by atoms with van der Waals surface area (Å²) in [6.45, 7) is 6.89. The summed E-state index contributed by atoms with van der Waals surface area (Å²) in [6, 6.07) is 0. The van der Waals surface area contributed by atoms with Crippen LogP contribution in [-0.4, -0.2) is 76.2 Å². The smallest absolute Gasteiger partial charge is 0.379 e. The molecule has 0 aliphatic carbocycles. The van der Waals surface area contributed by atoms with E-state index in [1.807, 2.05) is 21.1 Å². The van der Waals surface area contributed by atoms with E-state index in [4.69, 9.17) is 18.5 Å². The average Bonchev–Trinajstić information content (AvgIpc) is 3.10. The number of hydrogen-bond donors (Lipinski definition) is 1. The van der Waals surface area contributed by atoms with E-state index in [0.29, 0.717) is 30.8 Å². The first-order valence-corrected chi connectivity index (χ1v) is 23.6. The van der Waals surface area contributed by atoms with Crippen molar-refractivity contribution in [1.29, 1.82) is 0 Å². The van der Waals surface area contributed by atoms with Gasteiger partial charge in [-0.1, -0.05) is 154 Å². The summed E-state index contributed by atoms with van der Waals surface area (Å²) in [5, 5.41) is 0. The van der Waals surface area contributed by atoms with Crippen LogP contribution in [-0.2, 0) is 23.1 Å². The van der Waals surface area contributed by atoms with Gasteiger partial charge < -0.3 is 18.9 Å². The maximum Gasteiger partial charge on any atom is 0.472 e. The van der Waals surface area contributed by atoms with Gasteiger partial charge in [0, 0.05) is 13.2 Å². The number of rotatable bonds is 42. The summed E-state index contributed by atoms with van der Waals surface area (Å²) in [4.78, 5) is 10.2. The van der Waals surface area contributed by atoms with Crippen molar-refractivity contribution in [1.82, 2.24) is 0 Å². The van der Waals surface area contributed by atoms with Gasteiger partial charge in [0.2, 0.25) is 0 Å². The van der Waals surface area contributed by atoms with Crippen LogP contribution in [0.4, 0.5) is 0 Å². The molecule has 1 unspecified atom stereocenters. The van der Waals surface area contributed by atoms with Crippen molar-refractivity contribution < 1.29 is 32.5 Å². The fourth-order valence-electron chi connectivity index (χ4n) is 6.05. The molecule has 310 valence electrons. The van der Waals surface area contributed by atoms with Gasteiger partial charge in [-0.25, -0.2) is 4.57 Å². The first kappa shape index (κ1) is 51.5. The predicted molar refractivity (Wildman–Crippen MR) is 224 cm³/mol. The van der Waals surface area contributed by atoms with Gasteiger partial charge in [0.05, 0.1) is 34.4 Å². The molecule has 0 aliphatic rings. The normalized spacial score (nSPS) is 14.2. The minimum atomic E-state index is -4.15. The van der Waals surface area contributed by atoms with Crippen molar-refractivity contribution in [3.8, 4) is 0 Å². The third kappa shape index (κ3) is 42.2. The lowest BCUT2D eigenvalue weighted by molar-refractivity contribution is -0.870. The second-order valence-corrected chi connectivity index (χ2v) is 17.5. The third-order valence-corrected chi connectivity index (χ3v) is 10.5. The standard InChI is InChI=1S/C44H88NO6P/c1-6-8-10-12-14-16-18-20-22-24-26-28-30-32-34-36-39-48-42-44(43-51-52(46,47)50-41-38-45(3,4)5)49-40-37-35-33-31-29-27-25-23-21-19-17-15-13-11-9-7-2/h26-29,44H,6-25,30-43H2,1-5H3/p+1/b28-26-,29-27-/t44-/m1/s1. The first-order chi connectivity index (χ1) is 25.2. The molecule has 8 heteroatoms. The highest BCUT2D eigenvalue weighted by Crippen LogP contribution is 2.43. The Balaban J connectivity index is 4.14. The molecule has 0 bridgehead atoms. The van der Waals surface area contributed by atoms with Crippen molar-refractivity contribution in [3.05, 3.63) is 24.3 Å². The van der Waals surface area contributed by atoms with Crippen LogP contribution >= 0.6 is 7.82 Å². The van der Waals surface area contributed by atoms with Crippen molar-refractivity contribution in [2.24, 2.45) is 0 Å². The van der Waals surface area contributed by atoms with Gasteiger partial charge in [0.1, 0.15) is 19.3 Å². The Morgan fingerprint density at radius 1 is 0.500 bits per heavy atom. The summed E-state index contributed by atoms with van der Waals surface area (Å²) in [6.07, 6.45) is 45.0. The molecule has 1 N–H and O–H groups in total. The number of quaternary nitrogens is 1. The van der Waals surface area contributed by atoms with Crippen LogP contribution < -0.4 is 0 Å². The van der Waals surface area contributed by atoms with E-state index in [2.05, 4.69) is 38.2 Å². The molecule has 0 spiro atoms. The summed E-state index contributed by atoms with van der Waals surface area (Å²) < 4.78 is 35.7. The molecule has 0 amide bonds. The topological polar surface area (TPSA) is 74.2 Å². The van der Waals surface area contributed by atoms with Crippen LogP contribution in [0.1, 0.15) is 194 Å². The number of unbranched alkanes of at least 4 members (excludes halogenated alkanes) is 24. The van der Waals surface area contributed by atoms with Crippen LogP contribution in [0.2, 0.25) is 0 Å². The minimum absolute atomic E-state index is 0.0243. The van der Waals surface area contributed by atoms with E-state index in [-0.39, 0.29) is 13.2 Å². The highest BCUT2D eigenvalue weighted by atomic mass is 31.2. The molecule has 0 heterocycles. The minimum Gasteiger partial charge on any atom is -0.379 e. The van der Waals surface area contributed by atoms with Gasteiger partial charge in [0.25, 0.3) is 0 Å². The summed E-state index contributed by atoms with van der Waals surface area (Å²) >= 11 is 0. The van der Waals surface area contributed by atoms with Crippen molar-refractivity contribution in [3.63, 3.8) is 0 Å². The van der Waals surface area contributed by atoms with Gasteiger partial charge in [-0.3, -0.25) is 9.05 Å². The zero-order chi connectivity index (χ0) is 38.3. The molecular formula is C44H89NO6P+. The Hall–Kier alpha value is -0.530. The number of phosphoric ester groups is 1. The van der Waals surface area contributed by atoms with E-state index >= 15 is 0 Å². The summed E-state index contributed by atoms with van der Waals surface area (Å²) in [7, 11) is 1.89. The van der Waals surface area contributed by atoms with Gasteiger partial charge in [-0.2, -0.15) is 0 Å². The van der Waals surface area contributed by atoms with E-state index in [1.54, 1.807) is 0 Å². The Morgan fingerprint density at radius 2 is 0.885 bits per heavy atom. The van der Waals surface area contributed by atoms with Crippen LogP contribution in [0.5, 0.6) is 0 Å². The lowest BCUT2D eigenvalue weighted by Crippen LogP contribution is -2.37. The number of phosphoric acid groups is 1. The molecule has 0 saturated carbocycles. The SMILES string of the molecule is CCCCCCCCCCC/C=C\CCCCCOC[C@H](COP(=O)(O)OCC[N+](C)(C)C)OCCCCC/C=C\CCCCCCCCCCC. The highest BCUT2D eigenvalue weighted by Gasteiger charge is 2.25. The maximum atomic E-state index is 12.5. The number of nitrogens with zero attached hydrogens (tertiary/aromatic N) is 1. The maximum absolute atomic E-state index is 12.5. The molecule has 52 heavy (non-hydrogen) atoms. The molecule has 0 aromatic rings. The second-order valence-electron chi connectivity index (χ2n) is 16.1. The monoisotopic (exact) mass is 759 g/mol. The molecule has 0 saturated heterocycles. The van der Waals surface area contributed by atoms with Crippen molar-refractivity contribution in [2.45, 2.75) is 200 Å². The average molecular weight is 759 g/mol. The molecule has 0 radical (unpaired) electrons. The lowest BCUT2D eigenvalue weighted by atomic mass is 10.1. The molecular weight excluding hydrogens is 669 g/mol. The lowest BCUT2D eigenvalue weighted by Gasteiger charge is -2.24. The molecule has 0 rings (SSSR count). The highest BCUT2D eigenvalue weighted by molar-refractivity contribution is 7.47. The fourth-order valence-corrected chi connectivity index (χ4v) is 6.80. The van der Waals surface area contributed by atoms with E-state index in [0.717, 1.165) is 44.9 Å². The molecule has 0 fully saturated rings. The Bertz CT molecular complexity index is 830. The van der Waals surface area contributed by atoms with Crippen LogP contribution in [0.3, 0.4) is 0 Å². The largest absolute Gasteiger partial charge is 0.472 e. The molecule has 7 nitrogen and oxygen atoms in total. The number of allylic oxidation sites excluding steroid dienone is 4. The van der Waals surface area contributed by atoms with Gasteiger partial charge >= 0.3 is 7.82 Å². The number of ether oxygens (including phenoxy) is 2. The Morgan fingerprint density at radius 3 is 1.31 bits per heavy atom. The van der Waals surface area contributed by atoms with Crippen LogP contribution in [0.25, 0.3) is 0 Å². The van der Waals surface area contributed by atoms with E-state index < -0.39 is 13.9 Å². The Kier molecular flexibility index (Phi) is 38.3. The van der Waals surface area contributed by atoms with Crippen molar-refractivity contribution in [2.75, 3.05) is 60.7 Å². The molecule has 0 aromatic carbocycles. The molecule has 0 aliphatic heterocycles. The summed E-state index contributed by atoms with van der Waals surface area (Å²) in [5.74, 6) is 0. The van der Waals surface area contributed by atoms with Gasteiger partial charge in [0.15, 0.2) is 0 Å². The zero-order valence-electron chi connectivity index (χ0n) is 35.3. The fraction of sp³-hybridized carbons (Fsp3) is 0.909. The van der Waals surface area contributed by atoms with Crippen LogP contribution in [0.15, 0.2) is 24.3 Å². The van der Waals surface area contributed by atoms with Gasteiger partial charge in [-0.15, -0.1) is 0 Å². The van der Waals surface area contributed by atoms with Gasteiger partial charge in [-0.05, 0) is 64.2 Å². The van der Waals surface area contributed by atoms with E-state index in [9.17, 15) is 9.46 Å². The van der Waals surface area contributed by atoms with Crippen molar-refractivity contribution >= 4 is 7.82 Å². The third-order valence-electron chi connectivity index (χ3n) is 9.55. The number of hydrogen-bond acceptors (Lipinski definition) is 5. The predicted octanol–water partition coefficient (Wildman–Crippen LogP) is 13.3. The quantitative estimate of drug-likeness (QED) is 0.0289. The Labute approximate surface area is 324 Å². The zero-order valence-corrected chi connectivity index (χ0v) is 36.2. The first-order valence-electron chi connectivity index (χ1n) is 22.1. The van der Waals surface area contributed by atoms with Crippen LogP contribution in [0, 0.1) is 0 Å². The summed E-state index contributed by atoms with van der Waals surface area (Å²) in [5.41, 5.74) is 0.